The van der Waals surface area contributed by atoms with Gasteiger partial charge in [-0.25, -0.2) is 0 Å². The van der Waals surface area contributed by atoms with E-state index in [9.17, 15) is 4.79 Å². The molecule has 2 rings (SSSR count). The zero-order valence-electron chi connectivity index (χ0n) is 9.27. The first-order chi connectivity index (χ1) is 7.69. The number of benzene rings is 1. The summed E-state index contributed by atoms with van der Waals surface area (Å²) in [5.74, 6) is 0.368. The minimum absolute atomic E-state index is 0.0172. The van der Waals surface area contributed by atoms with Crippen LogP contribution < -0.4 is 9.47 Å². The lowest BCUT2D eigenvalue weighted by Gasteiger charge is -2.12. The molecule has 1 aromatic rings. The summed E-state index contributed by atoms with van der Waals surface area (Å²) in [6.07, 6.45) is 0.659. The summed E-state index contributed by atoms with van der Waals surface area (Å²) in [4.78, 5) is 10.9. The summed E-state index contributed by atoms with van der Waals surface area (Å²) in [6, 6.07) is 5.49. The number of ether oxygens (including phenoxy) is 2. The van der Waals surface area contributed by atoms with E-state index in [4.69, 9.17) is 14.6 Å². The van der Waals surface area contributed by atoms with Crippen molar-refractivity contribution in [1.29, 1.82) is 0 Å². The van der Waals surface area contributed by atoms with Crippen LogP contribution in [0.4, 0.5) is 0 Å². The van der Waals surface area contributed by atoms with Crippen molar-refractivity contribution >= 4 is 5.97 Å². The monoisotopic (exact) mass is 222 g/mol. The molecule has 1 fully saturated rings. The highest BCUT2D eigenvalue weighted by Crippen LogP contribution is 2.53. The lowest BCUT2D eigenvalue weighted by Crippen LogP contribution is -2.01. The Morgan fingerprint density at radius 1 is 1.31 bits per heavy atom. The van der Waals surface area contributed by atoms with Gasteiger partial charge in [0, 0.05) is 11.5 Å². The minimum Gasteiger partial charge on any atom is -0.496 e. The fourth-order valence-electron chi connectivity index (χ4n) is 2.03. The van der Waals surface area contributed by atoms with E-state index >= 15 is 0 Å². The first-order valence-electron chi connectivity index (χ1n) is 5.12. The molecule has 2 unspecified atom stereocenters. The maximum absolute atomic E-state index is 10.9. The van der Waals surface area contributed by atoms with Crippen LogP contribution in [0.1, 0.15) is 17.9 Å². The van der Waals surface area contributed by atoms with E-state index in [1.54, 1.807) is 14.2 Å². The third kappa shape index (κ3) is 1.71. The molecule has 0 bridgehead atoms. The summed E-state index contributed by atoms with van der Waals surface area (Å²) in [5.41, 5.74) is 0.875. The van der Waals surface area contributed by atoms with E-state index in [2.05, 4.69) is 0 Å². The van der Waals surface area contributed by atoms with Gasteiger partial charge in [-0.05, 0) is 18.6 Å². The van der Waals surface area contributed by atoms with Gasteiger partial charge < -0.3 is 14.6 Å². The van der Waals surface area contributed by atoms with Crippen molar-refractivity contribution in [3.8, 4) is 11.5 Å². The molecule has 0 aromatic heterocycles. The molecule has 4 nitrogen and oxygen atoms in total. The van der Waals surface area contributed by atoms with Crippen LogP contribution >= 0.6 is 0 Å². The Morgan fingerprint density at radius 2 is 1.88 bits per heavy atom. The van der Waals surface area contributed by atoms with E-state index in [0.29, 0.717) is 17.9 Å². The summed E-state index contributed by atoms with van der Waals surface area (Å²) in [5, 5.41) is 8.93. The van der Waals surface area contributed by atoms with Crippen LogP contribution in [0.5, 0.6) is 11.5 Å². The van der Waals surface area contributed by atoms with E-state index in [1.165, 1.54) is 0 Å². The van der Waals surface area contributed by atoms with Gasteiger partial charge in [-0.15, -0.1) is 0 Å². The topological polar surface area (TPSA) is 55.8 Å². The Kier molecular flexibility index (Phi) is 2.73. The average molecular weight is 222 g/mol. The molecule has 1 aliphatic carbocycles. The molecule has 1 aliphatic rings. The van der Waals surface area contributed by atoms with Gasteiger partial charge in [0.1, 0.15) is 11.5 Å². The molecule has 16 heavy (non-hydrogen) atoms. The molecule has 1 N–H and O–H groups in total. The van der Waals surface area contributed by atoms with Gasteiger partial charge in [-0.1, -0.05) is 6.07 Å². The molecule has 0 heterocycles. The molecule has 0 amide bonds. The molecule has 0 spiro atoms. The van der Waals surface area contributed by atoms with Crippen molar-refractivity contribution in [1.82, 2.24) is 0 Å². The van der Waals surface area contributed by atoms with Crippen LogP contribution in [-0.2, 0) is 4.79 Å². The van der Waals surface area contributed by atoms with Crippen molar-refractivity contribution in [3.63, 3.8) is 0 Å². The predicted octanol–water partition coefficient (Wildman–Crippen LogP) is 1.89. The van der Waals surface area contributed by atoms with Gasteiger partial charge in [0.25, 0.3) is 0 Å². The first kappa shape index (κ1) is 10.8. The van der Waals surface area contributed by atoms with Crippen molar-refractivity contribution in [2.24, 2.45) is 5.92 Å². The molecule has 0 saturated heterocycles. The quantitative estimate of drug-likeness (QED) is 0.845. The van der Waals surface area contributed by atoms with Crippen molar-refractivity contribution in [3.05, 3.63) is 23.8 Å². The summed E-state index contributed by atoms with van der Waals surface area (Å²) >= 11 is 0. The summed E-state index contributed by atoms with van der Waals surface area (Å²) < 4.78 is 10.5. The number of aliphatic carboxylic acids is 1. The van der Waals surface area contributed by atoms with E-state index in [1.807, 2.05) is 18.2 Å². The SMILES string of the molecule is COc1cccc(OC)c1C1CC1C(=O)O. The average Bonchev–Trinajstić information content (AvgIpc) is 3.07. The largest absolute Gasteiger partial charge is 0.496 e. The van der Waals surface area contributed by atoms with Crippen molar-refractivity contribution in [2.75, 3.05) is 14.2 Å². The normalized spacial score (nSPS) is 22.6. The van der Waals surface area contributed by atoms with Gasteiger partial charge in [-0.3, -0.25) is 4.79 Å². The molecule has 4 heteroatoms. The lowest BCUT2D eigenvalue weighted by molar-refractivity contribution is -0.138. The number of carboxylic acids is 1. The Morgan fingerprint density at radius 3 is 2.25 bits per heavy atom. The molecular weight excluding hydrogens is 208 g/mol. The van der Waals surface area contributed by atoms with Gasteiger partial charge in [0.2, 0.25) is 0 Å². The van der Waals surface area contributed by atoms with E-state index in [0.717, 1.165) is 5.56 Å². The molecule has 2 atom stereocenters. The summed E-state index contributed by atoms with van der Waals surface area (Å²) in [7, 11) is 3.16. The Bertz CT molecular complexity index is 391. The molecular formula is C12H14O4. The molecule has 0 radical (unpaired) electrons. The second-order valence-electron chi connectivity index (χ2n) is 3.86. The van der Waals surface area contributed by atoms with Crippen LogP contribution in [0, 0.1) is 5.92 Å². The number of hydrogen-bond acceptors (Lipinski definition) is 3. The van der Waals surface area contributed by atoms with E-state index in [-0.39, 0.29) is 11.8 Å². The summed E-state index contributed by atoms with van der Waals surface area (Å²) in [6.45, 7) is 0. The Balaban J connectivity index is 2.35. The number of rotatable bonds is 4. The van der Waals surface area contributed by atoms with Crippen molar-refractivity contribution < 1.29 is 19.4 Å². The second-order valence-corrected chi connectivity index (χ2v) is 3.86. The molecule has 86 valence electrons. The molecule has 0 aliphatic heterocycles. The smallest absolute Gasteiger partial charge is 0.307 e. The third-order valence-electron chi connectivity index (χ3n) is 2.94. The highest BCUT2D eigenvalue weighted by Gasteiger charge is 2.47. The maximum Gasteiger partial charge on any atom is 0.307 e. The lowest BCUT2D eigenvalue weighted by atomic mass is 10.1. The van der Waals surface area contributed by atoms with Crippen LogP contribution in [0.15, 0.2) is 18.2 Å². The van der Waals surface area contributed by atoms with Gasteiger partial charge >= 0.3 is 5.97 Å². The van der Waals surface area contributed by atoms with Crippen LogP contribution in [-0.4, -0.2) is 25.3 Å². The standard InChI is InChI=1S/C12H14O4/c1-15-9-4-3-5-10(16-2)11(9)7-6-8(7)12(13)14/h3-5,7-8H,6H2,1-2H3,(H,13,14). The fourth-order valence-corrected chi connectivity index (χ4v) is 2.03. The van der Waals surface area contributed by atoms with Gasteiger partial charge in [-0.2, -0.15) is 0 Å². The number of methoxy groups -OCH3 is 2. The van der Waals surface area contributed by atoms with Crippen LogP contribution in [0.2, 0.25) is 0 Å². The highest BCUT2D eigenvalue weighted by atomic mass is 16.5. The maximum atomic E-state index is 10.9. The minimum atomic E-state index is -0.752. The molecule has 1 aromatic carbocycles. The Hall–Kier alpha value is -1.71. The zero-order valence-corrected chi connectivity index (χ0v) is 9.27. The van der Waals surface area contributed by atoms with Gasteiger partial charge in [0.05, 0.1) is 20.1 Å². The zero-order chi connectivity index (χ0) is 11.7. The highest BCUT2D eigenvalue weighted by molar-refractivity contribution is 5.76. The number of hydrogen-bond donors (Lipinski definition) is 1. The first-order valence-corrected chi connectivity index (χ1v) is 5.12. The van der Waals surface area contributed by atoms with Crippen LogP contribution in [0.25, 0.3) is 0 Å². The van der Waals surface area contributed by atoms with E-state index < -0.39 is 5.97 Å². The second kappa shape index (κ2) is 4.04. The van der Waals surface area contributed by atoms with Gasteiger partial charge in [0.15, 0.2) is 0 Å². The fraction of sp³-hybridized carbons (Fsp3) is 0.417. The number of carboxylic acid groups (broad SMARTS) is 1. The van der Waals surface area contributed by atoms with Crippen molar-refractivity contribution in [2.45, 2.75) is 12.3 Å². The van der Waals surface area contributed by atoms with Crippen LogP contribution in [0.3, 0.4) is 0 Å². The predicted molar refractivity (Wildman–Crippen MR) is 58.0 cm³/mol. The number of carbonyl (C=O) groups is 1. The Labute approximate surface area is 93.8 Å². The molecule has 1 saturated carbocycles. The third-order valence-corrected chi connectivity index (χ3v) is 2.94.